The van der Waals surface area contributed by atoms with Gasteiger partial charge in [0.05, 0.1) is 27.4 Å². The van der Waals surface area contributed by atoms with Crippen LogP contribution in [0.2, 0.25) is 0 Å². The Balaban J connectivity index is 1.31. The van der Waals surface area contributed by atoms with Crippen molar-refractivity contribution >= 4 is 43.4 Å². The largest absolute Gasteiger partial charge is 0.461 e. The lowest BCUT2D eigenvalue weighted by Gasteiger charge is -2.35. The van der Waals surface area contributed by atoms with Crippen molar-refractivity contribution in [2.24, 2.45) is 0 Å². The van der Waals surface area contributed by atoms with Crippen LogP contribution in [0.25, 0.3) is 32.2 Å². The number of ether oxygens (including phenoxy) is 2. The third kappa shape index (κ3) is 4.85. The number of nitrogen functional groups attached to an aromatic ring is 1. The standard InChI is InChI=1S/C31H32F5N7O2S/c1-44-17-10-30(7-2-8-43(30)13-17)14-45-29-40-24-19(27(41-29)42-11-15-3-4-16(12-42)38-15)9-20(31(34,35)36)22(23(24)33)18-5-6-21(32)26-25(18)39-28(37)46-26/h5-6,9,15-17,38H,2-4,7-8,10-14H2,1H3,(H2,37,39)/t15?,16?,17-,30-/m1/s1. The highest BCUT2D eigenvalue weighted by Crippen LogP contribution is 2.47. The van der Waals surface area contributed by atoms with Crippen LogP contribution >= 0.6 is 11.3 Å². The van der Waals surface area contributed by atoms with E-state index in [1.54, 1.807) is 7.11 Å². The number of fused-ring (bicyclic) bond motifs is 5. The molecule has 4 fully saturated rings. The number of thiazole rings is 1. The first-order valence-corrected chi connectivity index (χ1v) is 16.2. The number of nitrogens with two attached hydrogens (primary N) is 1. The van der Waals surface area contributed by atoms with Gasteiger partial charge in [0.1, 0.15) is 23.8 Å². The molecule has 0 saturated carbocycles. The second kappa shape index (κ2) is 10.8. The molecule has 46 heavy (non-hydrogen) atoms. The molecule has 4 aliphatic rings. The van der Waals surface area contributed by atoms with Gasteiger partial charge in [0.25, 0.3) is 0 Å². The maximum Gasteiger partial charge on any atom is 0.417 e. The molecule has 8 rings (SSSR count). The molecule has 6 heterocycles. The summed E-state index contributed by atoms with van der Waals surface area (Å²) < 4.78 is 87.8. The summed E-state index contributed by atoms with van der Waals surface area (Å²) in [7, 11) is 1.69. The first kappa shape index (κ1) is 30.0. The predicted molar refractivity (Wildman–Crippen MR) is 164 cm³/mol. The van der Waals surface area contributed by atoms with Crippen LogP contribution in [-0.2, 0) is 10.9 Å². The Labute approximate surface area is 264 Å². The maximum absolute atomic E-state index is 16.9. The second-order valence-electron chi connectivity index (χ2n) is 12.8. The molecule has 0 amide bonds. The minimum atomic E-state index is -4.97. The number of piperazine rings is 1. The molecule has 2 aromatic carbocycles. The van der Waals surface area contributed by atoms with Crippen LogP contribution in [0.1, 0.15) is 37.7 Å². The minimum Gasteiger partial charge on any atom is -0.461 e. The summed E-state index contributed by atoms with van der Waals surface area (Å²) in [6.45, 7) is 2.91. The van der Waals surface area contributed by atoms with Gasteiger partial charge in [-0.1, -0.05) is 11.3 Å². The third-order valence-electron chi connectivity index (χ3n) is 10.1. The molecular formula is C31H32F5N7O2S. The number of hydrogen-bond acceptors (Lipinski definition) is 10. The fourth-order valence-corrected chi connectivity index (χ4v) is 8.73. The van der Waals surface area contributed by atoms with Crippen molar-refractivity contribution in [1.82, 2.24) is 25.2 Å². The lowest BCUT2D eigenvalue weighted by molar-refractivity contribution is -0.137. The maximum atomic E-state index is 16.9. The van der Waals surface area contributed by atoms with Crippen LogP contribution in [-0.4, -0.2) is 83.5 Å². The van der Waals surface area contributed by atoms with Crippen molar-refractivity contribution < 1.29 is 31.4 Å². The van der Waals surface area contributed by atoms with E-state index in [0.717, 1.165) is 74.7 Å². The number of rotatable bonds is 6. The summed E-state index contributed by atoms with van der Waals surface area (Å²) in [5, 5.41) is 3.40. The Hall–Kier alpha value is -3.40. The van der Waals surface area contributed by atoms with Gasteiger partial charge in [-0.05, 0) is 56.8 Å². The number of benzene rings is 2. The Morgan fingerprint density at radius 2 is 1.87 bits per heavy atom. The number of halogens is 5. The Kier molecular flexibility index (Phi) is 7.05. The molecule has 4 aromatic rings. The summed E-state index contributed by atoms with van der Waals surface area (Å²) in [6.07, 6.45) is -0.408. The average Bonchev–Trinajstić information content (AvgIpc) is 3.78. The summed E-state index contributed by atoms with van der Waals surface area (Å²) in [6, 6.07) is 3.16. The quantitative estimate of drug-likeness (QED) is 0.265. The summed E-state index contributed by atoms with van der Waals surface area (Å²) in [4.78, 5) is 17.4. The molecule has 2 bridgehead atoms. The second-order valence-corrected chi connectivity index (χ2v) is 13.9. The third-order valence-corrected chi connectivity index (χ3v) is 11.0. The zero-order valence-electron chi connectivity index (χ0n) is 25.0. The average molecular weight is 662 g/mol. The number of nitrogens with zero attached hydrogens (tertiary/aromatic N) is 5. The highest BCUT2D eigenvalue weighted by Gasteiger charge is 2.49. The van der Waals surface area contributed by atoms with E-state index in [-0.39, 0.29) is 74.0 Å². The molecule has 4 atom stereocenters. The lowest BCUT2D eigenvalue weighted by Crippen LogP contribution is -2.51. The van der Waals surface area contributed by atoms with Gasteiger partial charge in [0.2, 0.25) is 0 Å². The van der Waals surface area contributed by atoms with Crippen LogP contribution < -0.4 is 20.7 Å². The van der Waals surface area contributed by atoms with Crippen LogP contribution in [0.3, 0.4) is 0 Å². The predicted octanol–water partition coefficient (Wildman–Crippen LogP) is 5.36. The van der Waals surface area contributed by atoms with Gasteiger partial charge in [-0.2, -0.15) is 23.1 Å². The van der Waals surface area contributed by atoms with E-state index in [9.17, 15) is 17.6 Å². The number of methoxy groups -OCH3 is 1. The van der Waals surface area contributed by atoms with Gasteiger partial charge in [-0.3, -0.25) is 4.90 Å². The van der Waals surface area contributed by atoms with Gasteiger partial charge >= 0.3 is 12.2 Å². The summed E-state index contributed by atoms with van der Waals surface area (Å²) >= 11 is 0.784. The molecule has 9 nitrogen and oxygen atoms in total. The summed E-state index contributed by atoms with van der Waals surface area (Å²) in [5.74, 6) is -1.73. The molecule has 15 heteroatoms. The van der Waals surface area contributed by atoms with Gasteiger partial charge < -0.3 is 25.4 Å². The van der Waals surface area contributed by atoms with Crippen molar-refractivity contribution in [2.75, 3.05) is 50.5 Å². The molecule has 0 aliphatic carbocycles. The minimum absolute atomic E-state index is 0.0484. The first-order valence-electron chi connectivity index (χ1n) is 15.4. The smallest absolute Gasteiger partial charge is 0.417 e. The monoisotopic (exact) mass is 661 g/mol. The van der Waals surface area contributed by atoms with Gasteiger partial charge in [0, 0.05) is 55.3 Å². The topological polar surface area (TPSA) is 102 Å². The van der Waals surface area contributed by atoms with E-state index in [2.05, 4.69) is 25.2 Å². The van der Waals surface area contributed by atoms with Crippen molar-refractivity contribution in [2.45, 2.75) is 62.0 Å². The van der Waals surface area contributed by atoms with Crippen molar-refractivity contribution in [1.29, 1.82) is 0 Å². The molecular weight excluding hydrogens is 629 g/mol. The van der Waals surface area contributed by atoms with E-state index < -0.39 is 28.9 Å². The lowest BCUT2D eigenvalue weighted by atomic mass is 9.94. The molecule has 0 radical (unpaired) electrons. The Morgan fingerprint density at radius 3 is 2.61 bits per heavy atom. The van der Waals surface area contributed by atoms with Crippen molar-refractivity contribution in [3.63, 3.8) is 0 Å². The van der Waals surface area contributed by atoms with Crippen molar-refractivity contribution in [3.05, 3.63) is 35.4 Å². The van der Waals surface area contributed by atoms with E-state index in [4.69, 9.17) is 15.2 Å². The Bertz CT molecular complexity index is 1840. The molecule has 4 aliphatic heterocycles. The van der Waals surface area contributed by atoms with E-state index in [0.29, 0.717) is 13.1 Å². The normalized spacial score (nSPS) is 26.5. The number of alkyl halides is 3. The zero-order chi connectivity index (χ0) is 32.0. The number of nitrogens with one attached hydrogen (secondary N) is 1. The number of aromatic nitrogens is 3. The van der Waals surface area contributed by atoms with Gasteiger partial charge in [-0.25, -0.2) is 13.8 Å². The number of hydrogen-bond donors (Lipinski definition) is 2. The van der Waals surface area contributed by atoms with E-state index >= 15 is 4.39 Å². The van der Waals surface area contributed by atoms with Crippen LogP contribution in [0.5, 0.6) is 6.01 Å². The molecule has 244 valence electrons. The fourth-order valence-electron chi connectivity index (χ4n) is 7.97. The van der Waals surface area contributed by atoms with Crippen LogP contribution in [0, 0.1) is 11.6 Å². The SMILES string of the molecule is CO[C@H]1CN2CCC[C@]2(COc2nc(N3CC4CCC(C3)N4)c3cc(C(F)(F)F)c(-c4ccc(F)c5sc(N)nc45)c(F)c3n2)C1. The van der Waals surface area contributed by atoms with Gasteiger partial charge in [0.15, 0.2) is 10.9 Å². The highest BCUT2D eigenvalue weighted by molar-refractivity contribution is 7.22. The fraction of sp³-hybridized carbons (Fsp3) is 0.516. The van der Waals surface area contributed by atoms with Crippen LogP contribution in [0.4, 0.5) is 32.9 Å². The molecule has 3 N–H and O–H groups in total. The number of anilines is 2. The zero-order valence-corrected chi connectivity index (χ0v) is 25.8. The molecule has 2 aromatic heterocycles. The first-order chi connectivity index (χ1) is 22.0. The Morgan fingerprint density at radius 1 is 1.09 bits per heavy atom. The highest BCUT2D eigenvalue weighted by atomic mass is 32.1. The van der Waals surface area contributed by atoms with E-state index in [1.807, 2.05) is 4.90 Å². The van der Waals surface area contributed by atoms with Gasteiger partial charge in [-0.15, -0.1) is 0 Å². The summed E-state index contributed by atoms with van der Waals surface area (Å²) in [5.41, 5.74) is 2.84. The molecule has 4 saturated heterocycles. The van der Waals surface area contributed by atoms with Crippen molar-refractivity contribution in [3.8, 4) is 17.1 Å². The molecule has 0 spiro atoms. The molecule has 2 unspecified atom stereocenters. The van der Waals surface area contributed by atoms with E-state index in [1.165, 1.54) is 0 Å². The van der Waals surface area contributed by atoms with Crippen LogP contribution in [0.15, 0.2) is 18.2 Å².